The van der Waals surface area contributed by atoms with Gasteiger partial charge in [0.25, 0.3) is 0 Å². The fourth-order valence-electron chi connectivity index (χ4n) is 1.34. The predicted octanol–water partition coefficient (Wildman–Crippen LogP) is 4.09. The van der Waals surface area contributed by atoms with Crippen molar-refractivity contribution in [2.24, 2.45) is 0 Å². The number of hydrogen-bond donors (Lipinski definition) is 0. The van der Waals surface area contributed by atoms with Crippen LogP contribution in [0.4, 0.5) is 0 Å². The molecule has 0 saturated heterocycles. The highest BCUT2D eigenvalue weighted by Gasteiger charge is 2.06. The molecule has 0 bridgehead atoms. The smallest absolute Gasteiger partial charge is 0.349 e. The van der Waals surface area contributed by atoms with E-state index in [1.165, 1.54) is 0 Å². The molecule has 0 heterocycles. The summed E-state index contributed by atoms with van der Waals surface area (Å²) in [7, 11) is 0. The first-order valence-electron chi connectivity index (χ1n) is 5.48. The molecule has 98 valence electrons. The zero-order chi connectivity index (χ0) is 13.7. The van der Waals surface area contributed by atoms with Gasteiger partial charge in [-0.1, -0.05) is 27.5 Å². The molecule has 2 rings (SSSR count). The fraction of sp³-hybridized carbons (Fsp3) is 0.0714. The number of halogens is 2. The lowest BCUT2D eigenvalue weighted by Gasteiger charge is -2.06. The molecule has 0 N–H and O–H groups in total. The van der Waals surface area contributed by atoms with Crippen molar-refractivity contribution in [2.75, 3.05) is 6.61 Å². The molecular formula is C14H10BrClO3. The monoisotopic (exact) mass is 340 g/mol. The summed E-state index contributed by atoms with van der Waals surface area (Å²) < 4.78 is 11.3. The molecule has 19 heavy (non-hydrogen) atoms. The summed E-state index contributed by atoms with van der Waals surface area (Å²) in [5.41, 5.74) is 0. The van der Waals surface area contributed by atoms with Crippen molar-refractivity contribution in [3.05, 3.63) is 58.0 Å². The van der Waals surface area contributed by atoms with E-state index < -0.39 is 5.97 Å². The normalized spacial score (nSPS) is 10.0. The summed E-state index contributed by atoms with van der Waals surface area (Å²) in [4.78, 5) is 11.6. The van der Waals surface area contributed by atoms with Gasteiger partial charge in [0, 0.05) is 9.50 Å². The summed E-state index contributed by atoms with van der Waals surface area (Å²) in [6.07, 6.45) is 0. The first-order chi connectivity index (χ1) is 9.13. The second-order valence-corrected chi connectivity index (χ2v) is 5.02. The number of benzene rings is 2. The SMILES string of the molecule is O=C(COc1ccc(Cl)cc1)Oc1ccc(Br)cc1. The molecule has 0 unspecified atom stereocenters. The Balaban J connectivity index is 1.84. The highest BCUT2D eigenvalue weighted by molar-refractivity contribution is 9.10. The fourth-order valence-corrected chi connectivity index (χ4v) is 1.73. The molecule has 0 spiro atoms. The van der Waals surface area contributed by atoms with Crippen molar-refractivity contribution in [2.45, 2.75) is 0 Å². The molecule has 2 aromatic carbocycles. The Bertz CT molecular complexity index is 552. The molecule has 0 amide bonds. The maximum Gasteiger partial charge on any atom is 0.349 e. The second kappa shape index (κ2) is 6.59. The molecule has 3 nitrogen and oxygen atoms in total. The first-order valence-corrected chi connectivity index (χ1v) is 6.65. The number of ether oxygens (including phenoxy) is 2. The van der Waals surface area contributed by atoms with E-state index in [2.05, 4.69) is 15.9 Å². The van der Waals surface area contributed by atoms with Gasteiger partial charge in [-0.15, -0.1) is 0 Å². The summed E-state index contributed by atoms with van der Waals surface area (Å²) in [5.74, 6) is 0.585. The minimum absolute atomic E-state index is 0.155. The largest absolute Gasteiger partial charge is 0.482 e. The first kappa shape index (κ1) is 13.9. The molecular weight excluding hydrogens is 332 g/mol. The number of hydrogen-bond acceptors (Lipinski definition) is 3. The van der Waals surface area contributed by atoms with Crippen LogP contribution in [0, 0.1) is 0 Å². The van der Waals surface area contributed by atoms with E-state index in [0.717, 1.165) is 4.47 Å². The van der Waals surface area contributed by atoms with Crippen molar-refractivity contribution in [3.63, 3.8) is 0 Å². The van der Waals surface area contributed by atoms with Crippen molar-refractivity contribution >= 4 is 33.5 Å². The molecule has 0 aliphatic rings. The Morgan fingerprint density at radius 2 is 1.58 bits per heavy atom. The van der Waals surface area contributed by atoms with Crippen LogP contribution in [-0.4, -0.2) is 12.6 Å². The van der Waals surface area contributed by atoms with E-state index in [4.69, 9.17) is 21.1 Å². The maximum atomic E-state index is 11.6. The molecule has 0 aliphatic heterocycles. The summed E-state index contributed by atoms with van der Waals surface area (Å²) in [6, 6.07) is 13.7. The summed E-state index contributed by atoms with van der Waals surface area (Å²) in [5, 5.41) is 0.616. The minimum Gasteiger partial charge on any atom is -0.482 e. The van der Waals surface area contributed by atoms with Gasteiger partial charge in [-0.3, -0.25) is 0 Å². The number of rotatable bonds is 4. The van der Waals surface area contributed by atoms with E-state index in [0.29, 0.717) is 16.5 Å². The van der Waals surface area contributed by atoms with Gasteiger partial charge in [0.1, 0.15) is 11.5 Å². The average Bonchev–Trinajstić information content (AvgIpc) is 2.41. The van der Waals surface area contributed by atoms with Crippen LogP contribution < -0.4 is 9.47 Å². The second-order valence-electron chi connectivity index (χ2n) is 3.67. The zero-order valence-electron chi connectivity index (χ0n) is 9.81. The van der Waals surface area contributed by atoms with Gasteiger partial charge in [0.2, 0.25) is 0 Å². The topological polar surface area (TPSA) is 35.5 Å². The van der Waals surface area contributed by atoms with Crippen LogP contribution in [0.3, 0.4) is 0 Å². The third-order valence-corrected chi connectivity index (χ3v) is 3.00. The van der Waals surface area contributed by atoms with Gasteiger partial charge in [0.05, 0.1) is 0 Å². The minimum atomic E-state index is -0.461. The van der Waals surface area contributed by atoms with E-state index in [1.54, 1.807) is 48.5 Å². The third-order valence-electron chi connectivity index (χ3n) is 2.22. The molecule has 0 aromatic heterocycles. The Morgan fingerprint density at radius 3 is 2.21 bits per heavy atom. The van der Waals surface area contributed by atoms with Crippen LogP contribution in [0.15, 0.2) is 53.0 Å². The van der Waals surface area contributed by atoms with Crippen LogP contribution in [0.1, 0.15) is 0 Å². The summed E-state index contributed by atoms with van der Waals surface area (Å²) in [6.45, 7) is -0.155. The molecule has 0 saturated carbocycles. The van der Waals surface area contributed by atoms with E-state index in [-0.39, 0.29) is 6.61 Å². The van der Waals surface area contributed by atoms with Crippen LogP contribution in [-0.2, 0) is 4.79 Å². The molecule has 5 heteroatoms. The van der Waals surface area contributed by atoms with Crippen LogP contribution >= 0.6 is 27.5 Å². The van der Waals surface area contributed by atoms with Crippen LogP contribution in [0.25, 0.3) is 0 Å². The highest BCUT2D eigenvalue weighted by atomic mass is 79.9. The molecule has 0 atom stereocenters. The number of esters is 1. The predicted molar refractivity (Wildman–Crippen MR) is 76.7 cm³/mol. The lowest BCUT2D eigenvalue weighted by atomic mass is 10.3. The van der Waals surface area contributed by atoms with Crippen LogP contribution in [0.5, 0.6) is 11.5 Å². The van der Waals surface area contributed by atoms with Crippen molar-refractivity contribution < 1.29 is 14.3 Å². The van der Waals surface area contributed by atoms with Crippen molar-refractivity contribution in [1.82, 2.24) is 0 Å². The lowest BCUT2D eigenvalue weighted by Crippen LogP contribution is -2.17. The molecule has 0 aliphatic carbocycles. The standard InChI is InChI=1S/C14H10BrClO3/c15-10-1-5-13(6-2-10)19-14(17)9-18-12-7-3-11(16)4-8-12/h1-8H,9H2. The van der Waals surface area contributed by atoms with Gasteiger partial charge in [-0.05, 0) is 48.5 Å². The van der Waals surface area contributed by atoms with Crippen molar-refractivity contribution in [3.8, 4) is 11.5 Å². The Hall–Kier alpha value is -1.52. The van der Waals surface area contributed by atoms with Crippen LogP contribution in [0.2, 0.25) is 5.02 Å². The average molecular weight is 342 g/mol. The molecule has 0 radical (unpaired) electrons. The maximum absolute atomic E-state index is 11.6. The van der Waals surface area contributed by atoms with Gasteiger partial charge < -0.3 is 9.47 Å². The Kier molecular flexibility index (Phi) is 4.82. The number of carbonyl (C=O) groups is 1. The van der Waals surface area contributed by atoms with E-state index in [1.807, 2.05) is 0 Å². The quantitative estimate of drug-likeness (QED) is 0.621. The Morgan fingerprint density at radius 1 is 1.00 bits per heavy atom. The number of carbonyl (C=O) groups excluding carboxylic acids is 1. The van der Waals surface area contributed by atoms with E-state index in [9.17, 15) is 4.79 Å². The summed E-state index contributed by atoms with van der Waals surface area (Å²) >= 11 is 9.05. The van der Waals surface area contributed by atoms with Gasteiger partial charge in [-0.2, -0.15) is 0 Å². The van der Waals surface area contributed by atoms with Gasteiger partial charge in [-0.25, -0.2) is 4.79 Å². The third kappa shape index (κ3) is 4.58. The zero-order valence-corrected chi connectivity index (χ0v) is 12.1. The highest BCUT2D eigenvalue weighted by Crippen LogP contribution is 2.17. The lowest BCUT2D eigenvalue weighted by molar-refractivity contribution is -0.136. The van der Waals surface area contributed by atoms with E-state index >= 15 is 0 Å². The molecule has 0 fully saturated rings. The van der Waals surface area contributed by atoms with Gasteiger partial charge in [0.15, 0.2) is 6.61 Å². The molecule has 2 aromatic rings. The Labute approximate surface area is 124 Å². The van der Waals surface area contributed by atoms with Crippen molar-refractivity contribution in [1.29, 1.82) is 0 Å². The van der Waals surface area contributed by atoms with Gasteiger partial charge >= 0.3 is 5.97 Å².